The van der Waals surface area contributed by atoms with Crippen molar-refractivity contribution < 1.29 is 15.3 Å². The topological polar surface area (TPSA) is 123 Å². The molecule has 1 aromatic carbocycles. The van der Waals surface area contributed by atoms with Crippen LogP contribution in [0, 0.1) is 5.92 Å². The number of rotatable bonds is 6. The third-order valence-electron chi connectivity index (χ3n) is 5.07. The summed E-state index contributed by atoms with van der Waals surface area (Å²) in [5.74, 6) is 0.380. The smallest absolute Gasteiger partial charge is 0.226 e. The first-order valence-electron chi connectivity index (χ1n) is 9.42. The van der Waals surface area contributed by atoms with Gasteiger partial charge in [0, 0.05) is 19.1 Å². The summed E-state index contributed by atoms with van der Waals surface area (Å²) in [6, 6.07) is 7.28. The molecule has 1 saturated carbocycles. The predicted molar refractivity (Wildman–Crippen MR) is 114 cm³/mol. The minimum atomic E-state index is -1.04. The monoisotopic (exact) mass is 435 g/mol. The number of hydrogen-bond acceptors (Lipinski definition) is 9. The summed E-state index contributed by atoms with van der Waals surface area (Å²) in [4.78, 5) is 13.5. The number of anilines is 2. The molecule has 2 aromatic heterocycles. The number of fused-ring (bicyclic) bond motifs is 1. The first-order chi connectivity index (χ1) is 14.0. The Kier molecular flexibility index (Phi) is 5.84. The van der Waals surface area contributed by atoms with E-state index >= 15 is 0 Å². The number of aliphatic hydroxyl groups is 3. The minimum Gasteiger partial charge on any atom is -0.396 e. The first kappa shape index (κ1) is 20.2. The fourth-order valence-corrected chi connectivity index (χ4v) is 4.90. The normalized spacial score (nSPS) is 24.2. The van der Waals surface area contributed by atoms with Crippen LogP contribution in [0.1, 0.15) is 13.3 Å². The van der Waals surface area contributed by atoms with Crippen molar-refractivity contribution in [3.63, 3.8) is 0 Å². The number of nitrogens with zero attached hydrogens (tertiary/aromatic N) is 3. The third kappa shape index (κ3) is 3.88. The number of hydrogen-bond donors (Lipinski definition) is 5. The molecule has 0 bridgehead atoms. The van der Waals surface area contributed by atoms with Crippen LogP contribution in [0.15, 0.2) is 24.3 Å². The van der Waals surface area contributed by atoms with Gasteiger partial charge in [0.2, 0.25) is 5.95 Å². The molecule has 1 aliphatic rings. The standard InChI is InChI=1S/C19H22ClN5O3S/c1-2-21-19-24-16(20)13(18-23-10-5-3-4-6-12(10)29-18)17(25-19)22-11-7-9(8-26)14(27)15(11)28/h3-6,9,11,14-15,26-28H,2,7-8H2,1H3,(H2,21,22,24,25)/t9-,11-,14-,15+/m1/s1. The summed E-state index contributed by atoms with van der Waals surface area (Å²) in [7, 11) is 0. The molecule has 8 nitrogen and oxygen atoms in total. The number of aliphatic hydroxyl groups excluding tert-OH is 3. The van der Waals surface area contributed by atoms with Gasteiger partial charge in [0.15, 0.2) is 0 Å². The second-order valence-corrected chi connectivity index (χ2v) is 8.38. The molecule has 0 spiro atoms. The van der Waals surface area contributed by atoms with E-state index in [0.717, 1.165) is 10.2 Å². The largest absolute Gasteiger partial charge is 0.396 e. The molecule has 0 saturated heterocycles. The van der Waals surface area contributed by atoms with Crippen LogP contribution in [0.2, 0.25) is 5.15 Å². The van der Waals surface area contributed by atoms with E-state index in [9.17, 15) is 15.3 Å². The van der Waals surface area contributed by atoms with Crippen molar-refractivity contribution in [1.82, 2.24) is 15.0 Å². The number of para-hydroxylation sites is 1. The van der Waals surface area contributed by atoms with Crippen LogP contribution >= 0.6 is 22.9 Å². The van der Waals surface area contributed by atoms with Crippen molar-refractivity contribution in [2.45, 2.75) is 31.6 Å². The molecule has 154 valence electrons. The molecular formula is C19H22ClN5O3S. The van der Waals surface area contributed by atoms with Gasteiger partial charge >= 0.3 is 0 Å². The van der Waals surface area contributed by atoms with E-state index in [1.54, 1.807) is 0 Å². The first-order valence-corrected chi connectivity index (χ1v) is 10.6. The van der Waals surface area contributed by atoms with Crippen molar-refractivity contribution in [3.8, 4) is 10.6 Å². The number of nitrogens with one attached hydrogen (secondary N) is 2. The van der Waals surface area contributed by atoms with Gasteiger partial charge in [-0.25, -0.2) is 9.97 Å². The van der Waals surface area contributed by atoms with E-state index in [1.807, 2.05) is 31.2 Å². The SMILES string of the molecule is CCNc1nc(Cl)c(-c2nc3ccccc3s2)c(N[C@@H]2C[C@H](CO)[C@@H](O)[C@H]2O)n1. The van der Waals surface area contributed by atoms with E-state index < -0.39 is 24.2 Å². The minimum absolute atomic E-state index is 0.200. The highest BCUT2D eigenvalue weighted by molar-refractivity contribution is 7.21. The Morgan fingerprint density at radius 1 is 1.17 bits per heavy atom. The van der Waals surface area contributed by atoms with Gasteiger partial charge in [0.25, 0.3) is 0 Å². The lowest BCUT2D eigenvalue weighted by molar-refractivity contribution is 0.00446. The molecule has 4 rings (SSSR count). The Morgan fingerprint density at radius 2 is 1.97 bits per heavy atom. The predicted octanol–water partition coefficient (Wildman–Crippen LogP) is 2.35. The zero-order valence-corrected chi connectivity index (χ0v) is 17.3. The summed E-state index contributed by atoms with van der Waals surface area (Å²) in [6.07, 6.45) is -1.64. The maximum atomic E-state index is 10.4. The summed E-state index contributed by atoms with van der Waals surface area (Å²) in [5.41, 5.74) is 1.39. The lowest BCUT2D eigenvalue weighted by atomic mass is 10.1. The quantitative estimate of drug-likeness (QED) is 0.374. The molecule has 0 radical (unpaired) electrons. The van der Waals surface area contributed by atoms with Crippen LogP contribution < -0.4 is 10.6 Å². The molecule has 0 amide bonds. The van der Waals surface area contributed by atoms with Crippen molar-refractivity contribution in [3.05, 3.63) is 29.4 Å². The second kappa shape index (κ2) is 8.37. The van der Waals surface area contributed by atoms with Crippen LogP contribution in [0.5, 0.6) is 0 Å². The Hall–Kier alpha value is -2.04. The van der Waals surface area contributed by atoms with Crippen LogP contribution in [0.4, 0.5) is 11.8 Å². The number of aromatic nitrogens is 3. The van der Waals surface area contributed by atoms with Crippen molar-refractivity contribution >= 4 is 44.9 Å². The average Bonchev–Trinajstić information content (AvgIpc) is 3.24. The Morgan fingerprint density at radius 3 is 2.66 bits per heavy atom. The molecule has 29 heavy (non-hydrogen) atoms. The third-order valence-corrected chi connectivity index (χ3v) is 6.39. The maximum absolute atomic E-state index is 10.4. The molecule has 10 heteroatoms. The van der Waals surface area contributed by atoms with Gasteiger partial charge in [-0.05, 0) is 25.5 Å². The zero-order valence-electron chi connectivity index (χ0n) is 15.7. The highest BCUT2D eigenvalue weighted by Gasteiger charge is 2.41. The molecular weight excluding hydrogens is 414 g/mol. The van der Waals surface area contributed by atoms with Gasteiger partial charge in [0.1, 0.15) is 22.1 Å². The van der Waals surface area contributed by atoms with Gasteiger partial charge in [-0.3, -0.25) is 0 Å². The van der Waals surface area contributed by atoms with Gasteiger partial charge < -0.3 is 26.0 Å². The molecule has 1 fully saturated rings. The van der Waals surface area contributed by atoms with Gasteiger partial charge in [-0.1, -0.05) is 23.7 Å². The molecule has 4 atom stereocenters. The van der Waals surface area contributed by atoms with Crippen molar-refractivity contribution in [1.29, 1.82) is 0 Å². The number of halogens is 1. The van der Waals surface area contributed by atoms with E-state index in [0.29, 0.717) is 35.3 Å². The maximum Gasteiger partial charge on any atom is 0.226 e. The van der Waals surface area contributed by atoms with Gasteiger partial charge in [-0.2, -0.15) is 4.98 Å². The summed E-state index contributed by atoms with van der Waals surface area (Å²) >= 11 is 8.00. The molecule has 0 unspecified atom stereocenters. The van der Waals surface area contributed by atoms with Crippen molar-refractivity contribution in [2.75, 3.05) is 23.8 Å². The summed E-state index contributed by atoms with van der Waals surface area (Å²) < 4.78 is 1.01. The molecule has 2 heterocycles. The van der Waals surface area contributed by atoms with Crippen LogP contribution in [0.3, 0.4) is 0 Å². The highest BCUT2D eigenvalue weighted by atomic mass is 35.5. The number of benzene rings is 1. The Bertz CT molecular complexity index is 984. The second-order valence-electron chi connectivity index (χ2n) is 6.99. The fraction of sp³-hybridized carbons (Fsp3) is 0.421. The average molecular weight is 436 g/mol. The summed E-state index contributed by atoms with van der Waals surface area (Å²) in [6.45, 7) is 2.34. The van der Waals surface area contributed by atoms with Gasteiger partial charge in [-0.15, -0.1) is 11.3 Å². The number of thiazole rings is 1. The van der Waals surface area contributed by atoms with E-state index in [-0.39, 0.29) is 11.8 Å². The molecule has 3 aromatic rings. The molecule has 1 aliphatic carbocycles. The zero-order chi connectivity index (χ0) is 20.5. The Labute approximate surface area is 176 Å². The van der Waals surface area contributed by atoms with Crippen LogP contribution in [-0.2, 0) is 0 Å². The lowest BCUT2D eigenvalue weighted by Crippen LogP contribution is -2.35. The van der Waals surface area contributed by atoms with Gasteiger partial charge in [0.05, 0.1) is 27.9 Å². The molecule has 5 N–H and O–H groups in total. The van der Waals surface area contributed by atoms with E-state index in [1.165, 1.54) is 11.3 Å². The van der Waals surface area contributed by atoms with Crippen LogP contribution in [0.25, 0.3) is 20.8 Å². The fourth-order valence-electron chi connectivity index (χ4n) is 3.57. The van der Waals surface area contributed by atoms with Crippen LogP contribution in [-0.4, -0.2) is 61.7 Å². The van der Waals surface area contributed by atoms with Crippen molar-refractivity contribution in [2.24, 2.45) is 5.92 Å². The van der Waals surface area contributed by atoms with E-state index in [2.05, 4.69) is 25.6 Å². The molecule has 0 aliphatic heterocycles. The lowest BCUT2D eigenvalue weighted by Gasteiger charge is -2.20. The summed E-state index contributed by atoms with van der Waals surface area (Å²) in [5, 5.41) is 37.2. The Balaban J connectivity index is 1.76. The van der Waals surface area contributed by atoms with E-state index in [4.69, 9.17) is 11.6 Å². The highest BCUT2D eigenvalue weighted by Crippen LogP contribution is 2.39.